The number of terminal acetylenes is 2. The van der Waals surface area contributed by atoms with Gasteiger partial charge in [0.2, 0.25) is 5.60 Å². The van der Waals surface area contributed by atoms with Gasteiger partial charge in [-0.3, -0.25) is 28.3 Å². The predicted molar refractivity (Wildman–Crippen MR) is 253 cm³/mol. The molecule has 2 saturated heterocycles. The van der Waals surface area contributed by atoms with E-state index in [1.807, 2.05) is 55.4 Å². The van der Waals surface area contributed by atoms with Crippen molar-refractivity contribution in [2.45, 2.75) is 155 Å². The highest BCUT2D eigenvalue weighted by molar-refractivity contribution is 5.88. The molecule has 0 radical (unpaired) electrons. The molecule has 6 rings (SSSR count). The maximum absolute atomic E-state index is 13.9. The van der Waals surface area contributed by atoms with Crippen LogP contribution in [0.1, 0.15) is 132 Å². The number of aliphatic hydroxyl groups is 2. The maximum Gasteiger partial charge on any atom is 0.316 e. The number of rotatable bonds is 18. The number of nitrogens with two attached hydrogens (primary N) is 2. The first-order chi connectivity index (χ1) is 33.8. The Labute approximate surface area is 411 Å². The number of hydrogen-bond donors (Lipinski definition) is 4. The molecule has 388 valence electrons. The van der Waals surface area contributed by atoms with Crippen molar-refractivity contribution < 1.29 is 61.9 Å². The standard InChI is InChI=1S/C24H32FN5O5.C12H12FN5O3.C12H22O3/c1-6-14(7-2)21(31)33-12-24(10-5)16(34-22(32)15(8-3)9-4)11-17(35-24)30-13-27-18-19(26)28-23(25)29-20(18)30;1-2-12(4-19)6(20)3-7(21-12)18-5-15-8-9(14)16-11(13)17-10(8)18;1-5-9(6-2)11(13)15-12(14)10(7-3)8-4/h5,13-17H,6-9,11-12H2,1-4H3,(H2,26,28,29);1,5-7,19-20H,3-4H2,(H2,14,16,17);9-10H,5-8H2,1-4H3/t16-,17+,24+;6-,7+,12+;/m00./s1. The topological polar surface area (TPSA) is 294 Å². The lowest BCUT2D eigenvalue weighted by Crippen LogP contribution is -2.46. The molecule has 0 spiro atoms. The zero-order valence-electron chi connectivity index (χ0n) is 41.5. The van der Waals surface area contributed by atoms with Gasteiger partial charge in [0.1, 0.15) is 31.3 Å². The molecule has 0 unspecified atom stereocenters. The van der Waals surface area contributed by atoms with Gasteiger partial charge in [0.05, 0.1) is 42.9 Å². The Bertz CT molecular complexity index is 2530. The van der Waals surface area contributed by atoms with Gasteiger partial charge in [0.25, 0.3) is 0 Å². The largest absolute Gasteiger partial charge is 0.461 e. The van der Waals surface area contributed by atoms with E-state index in [2.05, 4.69) is 41.7 Å². The lowest BCUT2D eigenvalue weighted by Gasteiger charge is -2.30. The molecule has 71 heavy (non-hydrogen) atoms. The molecule has 21 nitrogen and oxygen atoms in total. The van der Waals surface area contributed by atoms with Crippen LogP contribution >= 0.6 is 0 Å². The Balaban J connectivity index is 0.000000257. The van der Waals surface area contributed by atoms with Crippen LogP contribution in [-0.4, -0.2) is 110 Å². The third-order valence-corrected chi connectivity index (χ3v) is 12.9. The molecule has 23 heteroatoms. The van der Waals surface area contributed by atoms with Gasteiger partial charge in [0.15, 0.2) is 39.6 Å². The number of carbonyl (C=O) groups excluding carboxylic acids is 4. The van der Waals surface area contributed by atoms with Gasteiger partial charge in [-0.05, 0) is 51.4 Å². The SMILES string of the molecule is C#C[C@]1(CO)O[C@@H](n2cnc3c(N)nc(F)nc32)C[C@@H]1O.C#C[C@]1(COC(=O)C(CC)CC)O[C@@H](n2cnc3c(N)nc(F)nc32)C[C@@H]1OC(=O)C(CC)CC.CCC(CC)C(=O)OC(=O)C(CC)CC. The summed E-state index contributed by atoms with van der Waals surface area (Å²) in [6, 6.07) is 0. The number of ether oxygens (including phenoxy) is 5. The Morgan fingerprint density at radius 2 is 1.08 bits per heavy atom. The summed E-state index contributed by atoms with van der Waals surface area (Å²) in [7, 11) is 0. The molecule has 2 aliphatic heterocycles. The van der Waals surface area contributed by atoms with Crippen LogP contribution in [0.3, 0.4) is 0 Å². The molecule has 0 saturated carbocycles. The summed E-state index contributed by atoms with van der Waals surface area (Å²) < 4.78 is 58.0. The number of aromatic nitrogens is 8. The van der Waals surface area contributed by atoms with E-state index in [0.29, 0.717) is 25.7 Å². The molecule has 6 atom stereocenters. The van der Waals surface area contributed by atoms with Crippen molar-refractivity contribution in [3.8, 4) is 24.7 Å². The van der Waals surface area contributed by atoms with Gasteiger partial charge in [-0.2, -0.15) is 28.7 Å². The zero-order valence-corrected chi connectivity index (χ0v) is 41.5. The minimum Gasteiger partial charge on any atom is -0.461 e. The highest BCUT2D eigenvalue weighted by atomic mass is 19.1. The van der Waals surface area contributed by atoms with E-state index >= 15 is 0 Å². The third-order valence-electron chi connectivity index (χ3n) is 12.9. The molecule has 4 aromatic rings. The highest BCUT2D eigenvalue weighted by Crippen LogP contribution is 2.41. The Morgan fingerprint density at radius 1 is 0.690 bits per heavy atom. The van der Waals surface area contributed by atoms with Crippen LogP contribution in [0.4, 0.5) is 20.4 Å². The number of halogens is 2. The van der Waals surface area contributed by atoms with Crippen LogP contribution in [0.25, 0.3) is 22.3 Å². The fourth-order valence-electron chi connectivity index (χ4n) is 8.12. The number of esters is 4. The minimum atomic E-state index is -1.55. The van der Waals surface area contributed by atoms with Crippen molar-refractivity contribution in [2.24, 2.45) is 23.7 Å². The van der Waals surface area contributed by atoms with Crippen LogP contribution in [0, 0.1) is 60.5 Å². The quantitative estimate of drug-likeness (QED) is 0.0324. The second kappa shape index (κ2) is 25.6. The smallest absolute Gasteiger partial charge is 0.316 e. The van der Waals surface area contributed by atoms with Crippen LogP contribution in [0.2, 0.25) is 0 Å². The maximum atomic E-state index is 13.9. The van der Waals surface area contributed by atoms with Crippen molar-refractivity contribution in [1.82, 2.24) is 39.0 Å². The average Bonchev–Trinajstić information content (AvgIpc) is 4.14. The average molecular weight is 997 g/mol. The Kier molecular flexibility index (Phi) is 20.6. The second-order valence-corrected chi connectivity index (χ2v) is 17.1. The van der Waals surface area contributed by atoms with E-state index in [9.17, 15) is 38.2 Å². The monoisotopic (exact) mass is 996 g/mol. The number of fused-ring (bicyclic) bond motifs is 2. The zero-order chi connectivity index (χ0) is 52.8. The number of imidazole rings is 2. The van der Waals surface area contributed by atoms with Gasteiger partial charge in [-0.15, -0.1) is 12.8 Å². The summed E-state index contributed by atoms with van der Waals surface area (Å²) in [5.74, 6) is 2.18. The van der Waals surface area contributed by atoms with Gasteiger partial charge < -0.3 is 45.4 Å². The Morgan fingerprint density at radius 3 is 1.48 bits per heavy atom. The fraction of sp³-hybridized carbons (Fsp3) is 0.625. The molecular weight excluding hydrogens is 931 g/mol. The second-order valence-electron chi connectivity index (χ2n) is 17.1. The first-order valence-corrected chi connectivity index (χ1v) is 23.9. The number of anilines is 2. The number of hydrogen-bond acceptors (Lipinski definition) is 19. The normalized spacial score (nSPS) is 21.7. The molecule has 0 bridgehead atoms. The summed E-state index contributed by atoms with van der Waals surface area (Å²) in [5, 5.41) is 19.3. The van der Waals surface area contributed by atoms with Gasteiger partial charge >= 0.3 is 36.0 Å². The van der Waals surface area contributed by atoms with Crippen molar-refractivity contribution >= 4 is 57.8 Å². The van der Waals surface area contributed by atoms with E-state index < -0.39 is 66.6 Å². The van der Waals surface area contributed by atoms with Crippen LogP contribution in [0.15, 0.2) is 12.7 Å². The summed E-state index contributed by atoms with van der Waals surface area (Å²) in [4.78, 5) is 70.9. The number of nitrogens with zero attached hydrogens (tertiary/aromatic N) is 8. The number of nitrogen functional groups attached to an aromatic ring is 2. The van der Waals surface area contributed by atoms with E-state index in [0.717, 1.165) is 25.7 Å². The molecule has 6 heterocycles. The predicted octanol–water partition coefficient (Wildman–Crippen LogP) is 5.29. The lowest BCUT2D eigenvalue weighted by molar-refractivity contribution is -0.172. The van der Waals surface area contributed by atoms with Gasteiger partial charge in [0, 0.05) is 12.8 Å². The first-order valence-electron chi connectivity index (χ1n) is 23.9. The van der Waals surface area contributed by atoms with Gasteiger partial charge in [-0.1, -0.05) is 67.2 Å². The molecule has 0 aromatic carbocycles. The van der Waals surface area contributed by atoms with Crippen molar-refractivity contribution in [3.05, 3.63) is 24.8 Å². The molecule has 0 amide bonds. The number of aliphatic hydroxyl groups excluding tert-OH is 2. The molecule has 6 N–H and O–H groups in total. The minimum absolute atomic E-state index is 0.0971. The summed E-state index contributed by atoms with van der Waals surface area (Å²) in [5.41, 5.74) is 8.94. The summed E-state index contributed by atoms with van der Waals surface area (Å²) in [6.45, 7) is 14.4. The fourth-order valence-corrected chi connectivity index (χ4v) is 8.12. The van der Waals surface area contributed by atoms with E-state index in [1.165, 1.54) is 21.8 Å². The van der Waals surface area contributed by atoms with Crippen LogP contribution in [0.5, 0.6) is 0 Å². The summed E-state index contributed by atoms with van der Waals surface area (Å²) >= 11 is 0. The molecular formula is C48H66F2N10O11. The summed E-state index contributed by atoms with van der Waals surface area (Å²) in [6.07, 6.45) is 13.9. The van der Waals surface area contributed by atoms with Crippen molar-refractivity contribution in [2.75, 3.05) is 24.7 Å². The van der Waals surface area contributed by atoms with Crippen LogP contribution < -0.4 is 11.5 Å². The van der Waals surface area contributed by atoms with Gasteiger partial charge in [-0.25, -0.2) is 9.97 Å². The molecule has 2 aliphatic rings. The third kappa shape index (κ3) is 12.9. The van der Waals surface area contributed by atoms with E-state index in [-0.39, 0.29) is 89.0 Å². The molecule has 4 aromatic heterocycles. The molecule has 2 fully saturated rings. The lowest BCUT2D eigenvalue weighted by atomic mass is 9.97. The van der Waals surface area contributed by atoms with Crippen molar-refractivity contribution in [1.29, 1.82) is 0 Å². The van der Waals surface area contributed by atoms with Crippen LogP contribution in [-0.2, 0) is 42.9 Å². The Hall–Kier alpha value is -6.40. The molecule has 0 aliphatic carbocycles. The van der Waals surface area contributed by atoms with Crippen molar-refractivity contribution in [3.63, 3.8) is 0 Å². The number of carbonyl (C=O) groups is 4. The van der Waals surface area contributed by atoms with E-state index in [1.54, 1.807) is 0 Å². The van der Waals surface area contributed by atoms with E-state index in [4.69, 9.17) is 48.0 Å². The highest BCUT2D eigenvalue weighted by Gasteiger charge is 2.53. The first kappa shape index (κ1) is 57.2.